The van der Waals surface area contributed by atoms with Crippen LogP contribution in [0.3, 0.4) is 0 Å². The van der Waals surface area contributed by atoms with Crippen molar-refractivity contribution in [1.82, 2.24) is 25.1 Å². The highest BCUT2D eigenvalue weighted by atomic mass is 32.1. The lowest BCUT2D eigenvalue weighted by Gasteiger charge is -2.11. The van der Waals surface area contributed by atoms with E-state index in [2.05, 4.69) is 105 Å². The molecule has 0 spiro atoms. The van der Waals surface area contributed by atoms with Gasteiger partial charge >= 0.3 is 0 Å². The Morgan fingerprint density at radius 1 is 0.848 bits per heavy atom. The van der Waals surface area contributed by atoms with Gasteiger partial charge in [-0.1, -0.05) is 30.3 Å². The zero-order valence-electron chi connectivity index (χ0n) is 18.5. The van der Waals surface area contributed by atoms with Crippen molar-refractivity contribution in [2.75, 3.05) is 14.1 Å². The first kappa shape index (κ1) is 19.9. The minimum atomic E-state index is 0.919. The predicted molar refractivity (Wildman–Crippen MR) is 137 cm³/mol. The van der Waals surface area contributed by atoms with Gasteiger partial charge in [-0.05, 0) is 72.6 Å². The summed E-state index contributed by atoms with van der Waals surface area (Å²) >= 11 is 1.70. The first-order chi connectivity index (χ1) is 16.2. The van der Waals surface area contributed by atoms with Crippen molar-refractivity contribution < 1.29 is 0 Å². The molecule has 0 radical (unpaired) electrons. The van der Waals surface area contributed by atoms with Gasteiger partial charge in [0.1, 0.15) is 5.69 Å². The topological polar surface area (TPSA) is 60.6 Å². The molecule has 4 heterocycles. The van der Waals surface area contributed by atoms with Crippen LogP contribution in [0, 0.1) is 0 Å². The molecular formula is C27H23N5S. The molecule has 0 saturated heterocycles. The summed E-state index contributed by atoms with van der Waals surface area (Å²) in [6, 6.07) is 23.6. The molecule has 2 N–H and O–H groups in total. The fourth-order valence-electron chi connectivity index (χ4n) is 4.40. The number of nitrogens with one attached hydrogen (secondary N) is 2. The van der Waals surface area contributed by atoms with E-state index in [1.807, 2.05) is 12.3 Å². The number of aromatic nitrogens is 4. The van der Waals surface area contributed by atoms with E-state index < -0.39 is 0 Å². The normalized spacial score (nSPS) is 11.7. The van der Waals surface area contributed by atoms with Crippen molar-refractivity contribution in [3.8, 4) is 33.1 Å². The standard InChI is InChI=1S/C27H23N5S/c1-32(2)16-17-5-3-6-18(13-17)19-8-9-23-20(14-19)26(31-30-23)24-15-21-22(29-24)10-11-28-27(21)25-7-4-12-33-25/h3-15,29H,16H2,1-2H3,(H,30,31). The molecule has 6 aromatic rings. The zero-order chi connectivity index (χ0) is 22.4. The Kier molecular flexibility index (Phi) is 4.82. The lowest BCUT2D eigenvalue weighted by atomic mass is 10.0. The van der Waals surface area contributed by atoms with E-state index in [0.29, 0.717) is 0 Å². The van der Waals surface area contributed by atoms with Crippen LogP contribution >= 0.6 is 11.3 Å². The van der Waals surface area contributed by atoms with Gasteiger partial charge in [-0.25, -0.2) is 0 Å². The second kappa shape index (κ2) is 7.99. The number of hydrogen-bond acceptors (Lipinski definition) is 4. The molecule has 6 rings (SSSR count). The Bertz CT molecular complexity index is 1570. The highest BCUT2D eigenvalue weighted by molar-refractivity contribution is 7.13. The van der Waals surface area contributed by atoms with Crippen LogP contribution < -0.4 is 0 Å². The van der Waals surface area contributed by atoms with Gasteiger partial charge in [0.2, 0.25) is 0 Å². The Labute approximate surface area is 195 Å². The fourth-order valence-corrected chi connectivity index (χ4v) is 5.14. The number of H-pyrrole nitrogens is 2. The van der Waals surface area contributed by atoms with E-state index in [9.17, 15) is 0 Å². The van der Waals surface area contributed by atoms with Crippen molar-refractivity contribution in [1.29, 1.82) is 0 Å². The van der Waals surface area contributed by atoms with Crippen molar-refractivity contribution in [2.45, 2.75) is 6.54 Å². The molecular weight excluding hydrogens is 426 g/mol. The molecule has 0 unspecified atom stereocenters. The molecule has 0 amide bonds. The Hall–Kier alpha value is -3.74. The molecule has 4 aromatic heterocycles. The number of nitrogens with zero attached hydrogens (tertiary/aromatic N) is 3. The summed E-state index contributed by atoms with van der Waals surface area (Å²) in [5.74, 6) is 0. The lowest BCUT2D eigenvalue weighted by Crippen LogP contribution is -2.10. The molecule has 0 aliphatic carbocycles. The first-order valence-electron chi connectivity index (χ1n) is 10.9. The summed E-state index contributed by atoms with van der Waals surface area (Å²) in [7, 11) is 4.19. The maximum atomic E-state index is 4.66. The lowest BCUT2D eigenvalue weighted by molar-refractivity contribution is 0.402. The molecule has 0 saturated carbocycles. The van der Waals surface area contributed by atoms with Crippen LogP contribution in [0.2, 0.25) is 0 Å². The number of hydrogen-bond donors (Lipinski definition) is 2. The molecule has 162 valence electrons. The van der Waals surface area contributed by atoms with E-state index in [0.717, 1.165) is 50.3 Å². The van der Waals surface area contributed by atoms with E-state index in [4.69, 9.17) is 0 Å². The van der Waals surface area contributed by atoms with Crippen LogP contribution in [0.1, 0.15) is 5.56 Å². The number of pyridine rings is 1. The van der Waals surface area contributed by atoms with Gasteiger partial charge in [0.15, 0.2) is 0 Å². The van der Waals surface area contributed by atoms with E-state index in [1.165, 1.54) is 16.7 Å². The largest absolute Gasteiger partial charge is 0.353 e. The summed E-state index contributed by atoms with van der Waals surface area (Å²) in [5.41, 5.74) is 8.69. The average Bonchev–Trinajstić information content (AvgIpc) is 3.57. The highest BCUT2D eigenvalue weighted by Gasteiger charge is 2.15. The monoisotopic (exact) mass is 449 g/mol. The molecule has 2 aromatic carbocycles. The molecule has 0 atom stereocenters. The average molecular weight is 450 g/mol. The number of thiophene rings is 1. The van der Waals surface area contributed by atoms with E-state index in [-0.39, 0.29) is 0 Å². The number of fused-ring (bicyclic) bond motifs is 2. The van der Waals surface area contributed by atoms with Crippen LogP contribution in [-0.4, -0.2) is 39.2 Å². The van der Waals surface area contributed by atoms with Crippen molar-refractivity contribution >= 4 is 33.1 Å². The maximum Gasteiger partial charge on any atom is 0.116 e. The number of rotatable bonds is 5. The third-order valence-electron chi connectivity index (χ3n) is 5.88. The fraction of sp³-hybridized carbons (Fsp3) is 0.111. The molecule has 0 aliphatic rings. The molecule has 6 heteroatoms. The van der Waals surface area contributed by atoms with Crippen LogP contribution in [-0.2, 0) is 6.54 Å². The summed E-state index contributed by atoms with van der Waals surface area (Å²) < 4.78 is 0. The Morgan fingerprint density at radius 3 is 2.58 bits per heavy atom. The Balaban J connectivity index is 1.45. The molecule has 0 aliphatic heterocycles. The second-order valence-corrected chi connectivity index (χ2v) is 9.50. The van der Waals surface area contributed by atoms with Gasteiger partial charge in [-0.15, -0.1) is 11.3 Å². The quantitative estimate of drug-likeness (QED) is 0.313. The maximum absolute atomic E-state index is 4.66. The Morgan fingerprint density at radius 2 is 1.73 bits per heavy atom. The van der Waals surface area contributed by atoms with Crippen molar-refractivity contribution in [3.63, 3.8) is 0 Å². The third kappa shape index (κ3) is 3.63. The van der Waals surface area contributed by atoms with Gasteiger partial charge < -0.3 is 9.88 Å². The van der Waals surface area contributed by atoms with Gasteiger partial charge in [0, 0.05) is 29.0 Å². The van der Waals surface area contributed by atoms with Crippen molar-refractivity contribution in [3.05, 3.63) is 83.9 Å². The summed E-state index contributed by atoms with van der Waals surface area (Å²) in [5, 5.41) is 12.2. The van der Waals surface area contributed by atoms with Gasteiger partial charge in [-0.2, -0.15) is 5.10 Å². The smallest absolute Gasteiger partial charge is 0.116 e. The van der Waals surface area contributed by atoms with Crippen LogP contribution in [0.5, 0.6) is 0 Å². The molecule has 0 fully saturated rings. The first-order valence-corrected chi connectivity index (χ1v) is 11.8. The predicted octanol–water partition coefficient (Wildman–Crippen LogP) is 6.56. The minimum Gasteiger partial charge on any atom is -0.353 e. The van der Waals surface area contributed by atoms with Crippen LogP contribution in [0.25, 0.3) is 54.9 Å². The SMILES string of the molecule is CN(C)Cc1cccc(-c2ccc3[nH]nc(-c4cc5c(-c6cccs6)nccc5[nH]4)c3c2)c1. The van der Waals surface area contributed by atoms with Crippen LogP contribution in [0.15, 0.2) is 78.3 Å². The second-order valence-electron chi connectivity index (χ2n) is 8.55. The van der Waals surface area contributed by atoms with E-state index >= 15 is 0 Å². The van der Waals surface area contributed by atoms with Gasteiger partial charge in [0.25, 0.3) is 0 Å². The highest BCUT2D eigenvalue weighted by Crippen LogP contribution is 2.35. The minimum absolute atomic E-state index is 0.919. The zero-order valence-corrected chi connectivity index (χ0v) is 19.3. The third-order valence-corrected chi connectivity index (χ3v) is 6.76. The molecule has 33 heavy (non-hydrogen) atoms. The van der Waals surface area contributed by atoms with Gasteiger partial charge in [0.05, 0.1) is 21.8 Å². The number of benzene rings is 2. The molecule has 0 bridgehead atoms. The van der Waals surface area contributed by atoms with Crippen molar-refractivity contribution in [2.24, 2.45) is 0 Å². The summed E-state index contributed by atoms with van der Waals surface area (Å²) in [6.07, 6.45) is 1.86. The van der Waals surface area contributed by atoms with E-state index in [1.54, 1.807) is 11.3 Å². The summed E-state index contributed by atoms with van der Waals surface area (Å²) in [4.78, 5) is 11.6. The summed E-state index contributed by atoms with van der Waals surface area (Å²) in [6.45, 7) is 0.919. The van der Waals surface area contributed by atoms with Gasteiger partial charge in [-0.3, -0.25) is 10.1 Å². The number of aromatic amines is 2. The molecule has 5 nitrogen and oxygen atoms in total. The van der Waals surface area contributed by atoms with Crippen LogP contribution in [0.4, 0.5) is 0 Å².